The number of aryl methyl sites for hydroxylation is 1. The second-order valence-corrected chi connectivity index (χ2v) is 5.09. The SMILES string of the molecule is CCCCc1ccc(Oc2cc(Cl)ccc2C=O)cc1. The summed E-state index contributed by atoms with van der Waals surface area (Å²) >= 11 is 5.93. The van der Waals surface area contributed by atoms with Crippen molar-refractivity contribution in [1.82, 2.24) is 0 Å². The van der Waals surface area contributed by atoms with Gasteiger partial charge in [0.1, 0.15) is 11.5 Å². The zero-order valence-electron chi connectivity index (χ0n) is 11.4. The highest BCUT2D eigenvalue weighted by atomic mass is 35.5. The van der Waals surface area contributed by atoms with E-state index in [0.717, 1.165) is 12.7 Å². The molecule has 0 saturated heterocycles. The molecule has 2 nitrogen and oxygen atoms in total. The molecule has 0 saturated carbocycles. The smallest absolute Gasteiger partial charge is 0.153 e. The molecule has 2 aromatic carbocycles. The normalized spacial score (nSPS) is 10.3. The van der Waals surface area contributed by atoms with Crippen LogP contribution in [0.2, 0.25) is 5.02 Å². The molecule has 0 aromatic heterocycles. The zero-order valence-corrected chi connectivity index (χ0v) is 12.2. The molecule has 104 valence electrons. The molecule has 0 aliphatic heterocycles. The molecule has 2 rings (SSSR count). The summed E-state index contributed by atoms with van der Waals surface area (Å²) in [6.45, 7) is 2.18. The van der Waals surface area contributed by atoms with Crippen molar-refractivity contribution in [3.8, 4) is 11.5 Å². The Morgan fingerprint density at radius 3 is 2.55 bits per heavy atom. The number of aldehydes is 1. The van der Waals surface area contributed by atoms with E-state index in [2.05, 4.69) is 19.1 Å². The van der Waals surface area contributed by atoms with Crippen LogP contribution in [0.25, 0.3) is 0 Å². The van der Waals surface area contributed by atoms with Crippen molar-refractivity contribution in [1.29, 1.82) is 0 Å². The van der Waals surface area contributed by atoms with E-state index in [1.165, 1.54) is 18.4 Å². The Labute approximate surface area is 124 Å². The quantitative estimate of drug-likeness (QED) is 0.675. The van der Waals surface area contributed by atoms with E-state index in [-0.39, 0.29) is 0 Å². The average Bonchev–Trinajstić information content (AvgIpc) is 2.47. The highest BCUT2D eigenvalue weighted by Crippen LogP contribution is 2.27. The van der Waals surface area contributed by atoms with E-state index in [0.29, 0.717) is 22.1 Å². The van der Waals surface area contributed by atoms with Crippen molar-refractivity contribution < 1.29 is 9.53 Å². The van der Waals surface area contributed by atoms with Gasteiger partial charge >= 0.3 is 0 Å². The Hall–Kier alpha value is -1.80. The van der Waals surface area contributed by atoms with Gasteiger partial charge in [-0.05, 0) is 42.7 Å². The molecular formula is C17H17ClO2. The fraction of sp³-hybridized carbons (Fsp3) is 0.235. The number of hydrogen-bond donors (Lipinski definition) is 0. The second kappa shape index (κ2) is 7.11. The summed E-state index contributed by atoms with van der Waals surface area (Å²) in [6.07, 6.45) is 4.21. The Balaban J connectivity index is 2.13. The Morgan fingerprint density at radius 2 is 1.90 bits per heavy atom. The molecule has 0 amide bonds. The topological polar surface area (TPSA) is 26.3 Å². The predicted molar refractivity (Wildman–Crippen MR) is 82.0 cm³/mol. The number of hydrogen-bond acceptors (Lipinski definition) is 2. The standard InChI is InChI=1S/C17H17ClO2/c1-2-3-4-13-5-9-16(10-6-13)20-17-11-15(18)8-7-14(17)12-19/h5-12H,2-4H2,1H3. The second-order valence-electron chi connectivity index (χ2n) is 4.65. The number of halogens is 1. The molecule has 0 atom stereocenters. The van der Waals surface area contributed by atoms with Crippen molar-refractivity contribution in [3.63, 3.8) is 0 Å². The summed E-state index contributed by atoms with van der Waals surface area (Å²) in [5.41, 5.74) is 1.78. The maximum atomic E-state index is 11.0. The number of carbonyl (C=O) groups excluding carboxylic acids is 1. The van der Waals surface area contributed by atoms with E-state index in [9.17, 15) is 4.79 Å². The number of benzene rings is 2. The monoisotopic (exact) mass is 288 g/mol. The molecule has 3 heteroatoms. The third kappa shape index (κ3) is 3.84. The Kier molecular flexibility index (Phi) is 5.19. The third-order valence-electron chi connectivity index (χ3n) is 3.07. The number of ether oxygens (including phenoxy) is 1. The van der Waals surface area contributed by atoms with E-state index in [1.54, 1.807) is 18.2 Å². The first kappa shape index (κ1) is 14.6. The molecule has 0 aliphatic carbocycles. The van der Waals surface area contributed by atoms with Crippen molar-refractivity contribution in [2.75, 3.05) is 0 Å². The lowest BCUT2D eigenvalue weighted by Crippen LogP contribution is -1.91. The third-order valence-corrected chi connectivity index (χ3v) is 3.31. The maximum absolute atomic E-state index is 11.0. The molecule has 0 bridgehead atoms. The van der Waals surface area contributed by atoms with Crippen LogP contribution in [0.5, 0.6) is 11.5 Å². The lowest BCUT2D eigenvalue weighted by molar-refractivity contribution is 0.112. The first-order valence-corrected chi connectivity index (χ1v) is 7.12. The van der Waals surface area contributed by atoms with Crippen LogP contribution in [0.15, 0.2) is 42.5 Å². The van der Waals surface area contributed by atoms with Gasteiger partial charge in [-0.2, -0.15) is 0 Å². The predicted octanol–water partition coefficient (Wildman–Crippen LogP) is 5.29. The van der Waals surface area contributed by atoms with Gasteiger partial charge in [-0.1, -0.05) is 37.1 Å². The zero-order chi connectivity index (χ0) is 14.4. The van der Waals surface area contributed by atoms with Crippen LogP contribution in [0.4, 0.5) is 0 Å². The molecule has 2 aromatic rings. The fourth-order valence-corrected chi connectivity index (χ4v) is 2.09. The van der Waals surface area contributed by atoms with Gasteiger partial charge in [0.25, 0.3) is 0 Å². The lowest BCUT2D eigenvalue weighted by atomic mass is 10.1. The first-order valence-electron chi connectivity index (χ1n) is 6.74. The summed E-state index contributed by atoms with van der Waals surface area (Å²) in [5, 5.41) is 0.546. The van der Waals surface area contributed by atoms with Crippen LogP contribution in [-0.2, 0) is 6.42 Å². The van der Waals surface area contributed by atoms with Gasteiger partial charge in [0.2, 0.25) is 0 Å². The van der Waals surface area contributed by atoms with Gasteiger partial charge < -0.3 is 4.74 Å². The molecule has 0 fully saturated rings. The molecule has 20 heavy (non-hydrogen) atoms. The maximum Gasteiger partial charge on any atom is 0.153 e. The lowest BCUT2D eigenvalue weighted by Gasteiger charge is -2.09. The van der Waals surface area contributed by atoms with Gasteiger partial charge in [-0.25, -0.2) is 0 Å². The minimum Gasteiger partial charge on any atom is -0.457 e. The van der Waals surface area contributed by atoms with Crippen LogP contribution < -0.4 is 4.74 Å². The minimum absolute atomic E-state index is 0.480. The number of carbonyl (C=O) groups is 1. The Bertz CT molecular complexity index is 576. The largest absolute Gasteiger partial charge is 0.457 e. The Morgan fingerprint density at radius 1 is 1.15 bits per heavy atom. The molecule has 0 unspecified atom stereocenters. The van der Waals surface area contributed by atoms with Crippen LogP contribution in [-0.4, -0.2) is 6.29 Å². The van der Waals surface area contributed by atoms with E-state index in [1.807, 2.05) is 12.1 Å². The highest BCUT2D eigenvalue weighted by Gasteiger charge is 2.05. The summed E-state index contributed by atoms with van der Waals surface area (Å²) in [4.78, 5) is 11.0. The highest BCUT2D eigenvalue weighted by molar-refractivity contribution is 6.30. The molecule has 0 aliphatic rings. The molecule has 0 radical (unpaired) electrons. The van der Waals surface area contributed by atoms with Crippen LogP contribution in [0.1, 0.15) is 35.7 Å². The molecule has 0 heterocycles. The van der Waals surface area contributed by atoms with Gasteiger partial charge in [0, 0.05) is 11.1 Å². The van der Waals surface area contributed by atoms with Crippen molar-refractivity contribution in [2.45, 2.75) is 26.2 Å². The fourth-order valence-electron chi connectivity index (χ4n) is 1.93. The van der Waals surface area contributed by atoms with Crippen molar-refractivity contribution in [3.05, 3.63) is 58.6 Å². The van der Waals surface area contributed by atoms with Gasteiger partial charge in [-0.15, -0.1) is 0 Å². The van der Waals surface area contributed by atoms with E-state index in [4.69, 9.17) is 16.3 Å². The van der Waals surface area contributed by atoms with E-state index >= 15 is 0 Å². The molecular weight excluding hydrogens is 272 g/mol. The summed E-state index contributed by atoms with van der Waals surface area (Å²) in [7, 11) is 0. The summed E-state index contributed by atoms with van der Waals surface area (Å²) in [6, 6.07) is 12.9. The number of unbranched alkanes of at least 4 members (excludes halogenated alkanes) is 1. The summed E-state index contributed by atoms with van der Waals surface area (Å²) in [5.74, 6) is 1.18. The van der Waals surface area contributed by atoms with E-state index < -0.39 is 0 Å². The van der Waals surface area contributed by atoms with Crippen molar-refractivity contribution in [2.24, 2.45) is 0 Å². The average molecular weight is 289 g/mol. The van der Waals surface area contributed by atoms with Gasteiger partial charge in [-0.3, -0.25) is 4.79 Å². The molecule has 0 spiro atoms. The number of rotatable bonds is 6. The molecule has 0 N–H and O–H groups in total. The van der Waals surface area contributed by atoms with Crippen LogP contribution in [0.3, 0.4) is 0 Å². The first-order chi connectivity index (χ1) is 9.72. The van der Waals surface area contributed by atoms with Crippen LogP contribution >= 0.6 is 11.6 Å². The summed E-state index contributed by atoms with van der Waals surface area (Å²) < 4.78 is 5.72. The van der Waals surface area contributed by atoms with Crippen LogP contribution in [0, 0.1) is 0 Å². The minimum atomic E-state index is 0.480. The van der Waals surface area contributed by atoms with Gasteiger partial charge in [0.15, 0.2) is 6.29 Å². The van der Waals surface area contributed by atoms with Crippen molar-refractivity contribution >= 4 is 17.9 Å². The van der Waals surface area contributed by atoms with Gasteiger partial charge in [0.05, 0.1) is 5.56 Å².